The van der Waals surface area contributed by atoms with Crippen LogP contribution in [0.5, 0.6) is 0 Å². The van der Waals surface area contributed by atoms with Crippen molar-refractivity contribution in [1.82, 2.24) is 0 Å². The number of hydrogen-bond donors (Lipinski definition) is 1. The fraction of sp³-hybridized carbons (Fsp3) is 0.333. The molecule has 0 aromatic heterocycles. The smallest absolute Gasteiger partial charge is 0.115 e. The third-order valence-corrected chi connectivity index (χ3v) is 6.85. The number of aliphatic hydroxyl groups is 1. The molecule has 6 nitrogen and oxygen atoms in total. The highest BCUT2D eigenvalue weighted by atomic mass is 16.6. The summed E-state index contributed by atoms with van der Waals surface area (Å²) in [6.07, 6.45) is -2.68. The molecule has 0 amide bonds. The van der Waals surface area contributed by atoms with Gasteiger partial charge >= 0.3 is 0 Å². The monoisotopic (exact) mass is 572 g/mol. The molecule has 4 aromatic rings. The lowest BCUT2D eigenvalue weighted by molar-refractivity contribution is -0.204. The van der Waals surface area contributed by atoms with Crippen molar-refractivity contribution >= 4 is 0 Å². The van der Waals surface area contributed by atoms with E-state index >= 15 is 0 Å². The largest absolute Gasteiger partial charge is 0.394 e. The van der Waals surface area contributed by atoms with Crippen LogP contribution >= 0.6 is 0 Å². The molecule has 0 bridgehead atoms. The van der Waals surface area contributed by atoms with Crippen LogP contribution in [0.25, 0.3) is 0 Å². The van der Waals surface area contributed by atoms with E-state index < -0.39 is 24.4 Å². The summed E-state index contributed by atoms with van der Waals surface area (Å²) in [5.41, 5.74) is 3.98. The van der Waals surface area contributed by atoms with Crippen LogP contribution in [-0.2, 0) is 50.1 Å². The van der Waals surface area contributed by atoms with Crippen LogP contribution in [0.2, 0.25) is 0 Å². The van der Waals surface area contributed by atoms with E-state index in [0.29, 0.717) is 26.4 Å². The van der Waals surface area contributed by atoms with E-state index in [1.165, 1.54) is 0 Å². The molecule has 0 radical (unpaired) electrons. The zero-order valence-electron chi connectivity index (χ0n) is 25.0. The van der Waals surface area contributed by atoms with Crippen LogP contribution in [0.3, 0.4) is 0 Å². The first kappa shape index (κ1) is 30.1. The molecule has 4 atom stereocenters. The van der Waals surface area contributed by atoms with Gasteiger partial charge in [0.25, 0.3) is 0 Å². The number of benzene rings is 4. The average Bonchev–Trinajstić information content (AvgIpc) is 3.07. The molecule has 0 saturated heterocycles. The van der Waals surface area contributed by atoms with Gasteiger partial charge in [-0.2, -0.15) is 0 Å². The second-order valence-electron chi connectivity index (χ2n) is 9.95. The third-order valence-electron chi connectivity index (χ3n) is 6.85. The molecule has 0 saturated carbocycles. The summed E-state index contributed by atoms with van der Waals surface area (Å²) in [5.74, 6) is 0. The molecule has 4 rings (SSSR count). The maximum absolute atomic E-state index is 10.7. The summed E-state index contributed by atoms with van der Waals surface area (Å²) in [7, 11) is 0. The molecule has 1 N–H and O–H groups in total. The van der Waals surface area contributed by atoms with Gasteiger partial charge in [-0.15, -0.1) is 0 Å². The number of aliphatic hydroxyl groups excluding tert-OH is 1. The fourth-order valence-corrected chi connectivity index (χ4v) is 4.60. The van der Waals surface area contributed by atoms with Gasteiger partial charge in [-0.3, -0.25) is 0 Å². The first-order valence-electron chi connectivity index (χ1n) is 15.1. The fourth-order valence-electron chi connectivity index (χ4n) is 4.60. The lowest BCUT2D eigenvalue weighted by Gasteiger charge is -2.37. The quantitative estimate of drug-likeness (QED) is 0.132. The van der Waals surface area contributed by atoms with Crippen molar-refractivity contribution in [1.29, 1.82) is 0 Å². The van der Waals surface area contributed by atoms with E-state index in [4.69, 9.17) is 25.1 Å². The molecule has 0 aliphatic rings. The summed E-state index contributed by atoms with van der Waals surface area (Å²) in [5, 5.41) is 10.7. The van der Waals surface area contributed by atoms with Crippen molar-refractivity contribution in [2.75, 3.05) is 19.8 Å². The summed E-state index contributed by atoms with van der Waals surface area (Å²) >= 11 is 0. The van der Waals surface area contributed by atoms with Crippen LogP contribution < -0.4 is 0 Å². The Labute approximate surface area is 251 Å². The van der Waals surface area contributed by atoms with Crippen molar-refractivity contribution in [2.24, 2.45) is 0 Å². The molecule has 0 heterocycles. The van der Waals surface area contributed by atoms with E-state index in [2.05, 4.69) is 0 Å². The Balaban J connectivity index is 1.64. The average molecular weight is 573 g/mol. The van der Waals surface area contributed by atoms with E-state index in [0.717, 1.165) is 22.3 Å². The Morgan fingerprint density at radius 1 is 0.524 bits per heavy atom. The molecule has 6 heteroatoms. The molecule has 0 unspecified atom stereocenters. The maximum atomic E-state index is 10.7. The van der Waals surface area contributed by atoms with Crippen LogP contribution in [0, 0.1) is 0 Å². The van der Waals surface area contributed by atoms with Crippen molar-refractivity contribution in [2.45, 2.75) is 57.7 Å². The molecule has 0 aliphatic heterocycles. The number of ether oxygens (including phenoxy) is 5. The normalized spacial score (nSPS) is 14.5. The van der Waals surface area contributed by atoms with Crippen LogP contribution in [0.15, 0.2) is 121 Å². The van der Waals surface area contributed by atoms with E-state index in [-0.39, 0.29) is 26.7 Å². The van der Waals surface area contributed by atoms with Gasteiger partial charge in [0.1, 0.15) is 24.4 Å². The molecular formula is C36H42O6. The van der Waals surface area contributed by atoms with Gasteiger partial charge < -0.3 is 28.8 Å². The topological polar surface area (TPSA) is 66.4 Å². The van der Waals surface area contributed by atoms with Crippen LogP contribution in [-0.4, -0.2) is 49.3 Å². The Bertz CT molecular complexity index is 1250. The predicted molar refractivity (Wildman–Crippen MR) is 164 cm³/mol. The highest BCUT2D eigenvalue weighted by Crippen LogP contribution is 2.23. The van der Waals surface area contributed by atoms with Crippen LogP contribution in [0.4, 0.5) is 0 Å². The zero-order valence-corrected chi connectivity index (χ0v) is 24.0. The lowest BCUT2D eigenvalue weighted by Crippen LogP contribution is -2.52. The first-order chi connectivity index (χ1) is 21.3. The van der Waals surface area contributed by atoms with E-state index in [1.807, 2.05) is 121 Å². The van der Waals surface area contributed by atoms with Gasteiger partial charge in [0.05, 0.1) is 39.6 Å². The number of hydrogen-bond acceptors (Lipinski definition) is 6. The Kier molecular flexibility index (Phi) is 13.1. The van der Waals surface area contributed by atoms with Crippen LogP contribution in [0.1, 0.15) is 30.5 Å². The molecular weight excluding hydrogens is 528 g/mol. The standard InChI is InChI=1S/C36H42O6/c1-2-38-28-34(40-25-30-17-9-4-10-18-30)36(42-27-32-21-13-6-14-22-32)35(41-26-31-19-11-5-12-20-31)33(23-37)39-24-29-15-7-3-8-16-29/h3-22,33-37H,2,23-28H2,1H3/t33-,34-,35-,36-/m1/s1/i1T. The molecule has 0 fully saturated rings. The van der Waals surface area contributed by atoms with Gasteiger partial charge in [-0.05, 0) is 29.2 Å². The van der Waals surface area contributed by atoms with Crippen molar-refractivity contribution in [3.8, 4) is 0 Å². The van der Waals surface area contributed by atoms with Gasteiger partial charge in [0, 0.05) is 7.98 Å². The van der Waals surface area contributed by atoms with Gasteiger partial charge in [0.2, 0.25) is 0 Å². The van der Waals surface area contributed by atoms with Crippen molar-refractivity contribution in [3.05, 3.63) is 144 Å². The molecule has 4 aromatic carbocycles. The Morgan fingerprint density at radius 3 is 1.26 bits per heavy atom. The molecule has 0 spiro atoms. The minimum atomic E-state index is -0.719. The Morgan fingerprint density at radius 2 is 0.881 bits per heavy atom. The summed E-state index contributed by atoms with van der Waals surface area (Å²) in [6.45, 7) is 1.53. The second-order valence-corrected chi connectivity index (χ2v) is 9.95. The highest BCUT2D eigenvalue weighted by Gasteiger charge is 2.38. The second kappa shape index (κ2) is 18.2. The molecule has 42 heavy (non-hydrogen) atoms. The summed E-state index contributed by atoms with van der Waals surface area (Å²) in [4.78, 5) is 0. The van der Waals surface area contributed by atoms with E-state index in [1.54, 1.807) is 0 Å². The highest BCUT2D eigenvalue weighted by molar-refractivity contribution is 5.16. The number of rotatable bonds is 19. The third kappa shape index (κ3) is 10.5. The zero-order chi connectivity index (χ0) is 30.0. The van der Waals surface area contributed by atoms with Gasteiger partial charge in [-0.1, -0.05) is 121 Å². The van der Waals surface area contributed by atoms with Crippen molar-refractivity contribution in [3.63, 3.8) is 0 Å². The minimum absolute atomic E-state index is 0.133. The lowest BCUT2D eigenvalue weighted by atomic mass is 10.0. The minimum Gasteiger partial charge on any atom is -0.394 e. The molecule has 0 aliphatic carbocycles. The Hall–Kier alpha value is -3.36. The van der Waals surface area contributed by atoms with Gasteiger partial charge in [-0.25, -0.2) is 0 Å². The summed E-state index contributed by atoms with van der Waals surface area (Å²) in [6, 6.07) is 39.5. The van der Waals surface area contributed by atoms with Gasteiger partial charge in [0.15, 0.2) is 0 Å². The van der Waals surface area contributed by atoms with Crippen molar-refractivity contribution < 1.29 is 30.2 Å². The summed E-state index contributed by atoms with van der Waals surface area (Å²) < 4.78 is 39.5. The maximum Gasteiger partial charge on any atom is 0.115 e. The SMILES string of the molecule is [3H]CCOC[C@@H](OCc1ccccc1)[C@@H](OCc1ccccc1)[C@H](OCc1ccccc1)[C@@H](CO)OCc1ccccc1. The first-order valence-corrected chi connectivity index (χ1v) is 14.4. The molecule has 222 valence electrons. The predicted octanol–water partition coefficient (Wildman–Crippen LogP) is 6.36. The van der Waals surface area contributed by atoms with E-state index in [9.17, 15) is 5.11 Å².